The van der Waals surface area contributed by atoms with Crippen molar-refractivity contribution >= 4 is 11.8 Å². The molecule has 0 spiro atoms. The molecule has 0 saturated carbocycles. The molecule has 0 N–H and O–H groups in total. The first kappa shape index (κ1) is 14.2. The Morgan fingerprint density at radius 3 is 2.12 bits per heavy atom. The molecule has 0 aliphatic rings. The second-order valence-corrected chi connectivity index (χ2v) is 4.71. The molecule has 1 rings (SSSR count). The molecule has 0 radical (unpaired) electrons. The highest BCUT2D eigenvalue weighted by molar-refractivity contribution is 7.99. The van der Waals surface area contributed by atoms with Gasteiger partial charge in [0.1, 0.15) is 5.75 Å². The van der Waals surface area contributed by atoms with E-state index in [4.69, 9.17) is 4.74 Å². The zero-order valence-corrected chi connectivity index (χ0v) is 10.8. The van der Waals surface area contributed by atoms with Crippen molar-refractivity contribution in [3.8, 4) is 5.75 Å². The highest BCUT2D eigenvalue weighted by Crippen LogP contribution is 2.33. The molecule has 17 heavy (non-hydrogen) atoms. The summed E-state index contributed by atoms with van der Waals surface area (Å²) in [6.45, 7) is 6.02. The molecule has 5 heteroatoms. The summed E-state index contributed by atoms with van der Waals surface area (Å²) in [5.74, 6) is -0.151. The van der Waals surface area contributed by atoms with E-state index >= 15 is 0 Å². The highest BCUT2D eigenvalue weighted by atomic mass is 32.2. The Labute approximate surface area is 103 Å². The lowest BCUT2D eigenvalue weighted by Crippen LogP contribution is -2.11. The number of benzene rings is 1. The quantitative estimate of drug-likeness (QED) is 0.747. The SMILES string of the molecule is CCOc1cc(C)c(SCC(F)(F)F)c(C)c1. The molecule has 0 bridgehead atoms. The number of halogens is 3. The molecule has 0 aliphatic carbocycles. The van der Waals surface area contributed by atoms with Gasteiger partial charge in [0.05, 0.1) is 12.4 Å². The molecule has 0 fully saturated rings. The van der Waals surface area contributed by atoms with Gasteiger partial charge in [0.15, 0.2) is 0 Å². The monoisotopic (exact) mass is 264 g/mol. The smallest absolute Gasteiger partial charge is 0.398 e. The molecule has 0 aromatic heterocycles. The van der Waals surface area contributed by atoms with Crippen molar-refractivity contribution < 1.29 is 17.9 Å². The first-order valence-electron chi connectivity index (χ1n) is 5.27. The van der Waals surface area contributed by atoms with Crippen LogP contribution in [0.25, 0.3) is 0 Å². The van der Waals surface area contributed by atoms with Crippen LogP contribution in [0.5, 0.6) is 5.75 Å². The lowest BCUT2D eigenvalue weighted by molar-refractivity contribution is -0.105. The predicted octanol–water partition coefficient (Wildman–Crippen LogP) is 4.36. The highest BCUT2D eigenvalue weighted by Gasteiger charge is 2.27. The number of hydrogen-bond donors (Lipinski definition) is 0. The summed E-state index contributed by atoms with van der Waals surface area (Å²) < 4.78 is 41.8. The summed E-state index contributed by atoms with van der Waals surface area (Å²) in [7, 11) is 0. The maximum atomic E-state index is 12.2. The van der Waals surface area contributed by atoms with Crippen molar-refractivity contribution in [3.05, 3.63) is 23.3 Å². The van der Waals surface area contributed by atoms with E-state index in [1.807, 2.05) is 6.92 Å². The van der Waals surface area contributed by atoms with Crippen molar-refractivity contribution in [2.45, 2.75) is 31.8 Å². The van der Waals surface area contributed by atoms with Crippen LogP contribution < -0.4 is 4.74 Å². The van der Waals surface area contributed by atoms with Crippen LogP contribution in [-0.2, 0) is 0 Å². The summed E-state index contributed by atoms with van der Waals surface area (Å²) in [5, 5.41) is 0. The molecule has 1 aromatic rings. The minimum absolute atomic E-state index is 0.550. The molecule has 0 aliphatic heterocycles. The number of thioether (sulfide) groups is 1. The summed E-state index contributed by atoms with van der Waals surface area (Å²) in [6.07, 6.45) is -4.14. The third-order valence-electron chi connectivity index (χ3n) is 2.13. The fourth-order valence-electron chi connectivity index (χ4n) is 1.54. The summed E-state index contributed by atoms with van der Waals surface area (Å²) in [5.41, 5.74) is 1.64. The molecule has 0 heterocycles. The molecule has 0 unspecified atom stereocenters. The van der Waals surface area contributed by atoms with Gasteiger partial charge in [-0.1, -0.05) is 0 Å². The molecule has 1 aromatic carbocycles. The minimum Gasteiger partial charge on any atom is -0.494 e. The van der Waals surface area contributed by atoms with Crippen LogP contribution >= 0.6 is 11.8 Å². The van der Waals surface area contributed by atoms with Gasteiger partial charge in [-0.15, -0.1) is 11.8 Å². The average molecular weight is 264 g/mol. The first-order chi connectivity index (χ1) is 7.83. The van der Waals surface area contributed by atoms with Gasteiger partial charge in [-0.25, -0.2) is 0 Å². The number of alkyl halides is 3. The van der Waals surface area contributed by atoms with Crippen LogP contribution in [0.3, 0.4) is 0 Å². The molecule has 0 saturated heterocycles. The average Bonchev–Trinajstić information content (AvgIpc) is 2.14. The van der Waals surface area contributed by atoms with E-state index in [1.54, 1.807) is 26.0 Å². The van der Waals surface area contributed by atoms with E-state index < -0.39 is 11.9 Å². The van der Waals surface area contributed by atoms with E-state index in [1.165, 1.54) is 0 Å². The summed E-state index contributed by atoms with van der Waals surface area (Å²) in [6, 6.07) is 3.55. The number of ether oxygens (including phenoxy) is 1. The van der Waals surface area contributed by atoms with Gasteiger partial charge in [-0.3, -0.25) is 0 Å². The van der Waals surface area contributed by atoms with Crippen molar-refractivity contribution in [2.75, 3.05) is 12.4 Å². The standard InChI is InChI=1S/C12H15F3OS/c1-4-16-10-5-8(2)11(9(3)6-10)17-7-12(13,14)15/h5-6H,4,7H2,1-3H3. The van der Waals surface area contributed by atoms with E-state index in [0.29, 0.717) is 17.3 Å². The lowest BCUT2D eigenvalue weighted by Gasteiger charge is -2.13. The lowest BCUT2D eigenvalue weighted by atomic mass is 10.1. The van der Waals surface area contributed by atoms with Gasteiger partial charge in [0.2, 0.25) is 0 Å². The van der Waals surface area contributed by atoms with Crippen LogP contribution in [0.15, 0.2) is 17.0 Å². The van der Waals surface area contributed by atoms with Gasteiger partial charge >= 0.3 is 6.18 Å². The Kier molecular flexibility index (Phi) is 4.74. The predicted molar refractivity (Wildman–Crippen MR) is 63.9 cm³/mol. The van der Waals surface area contributed by atoms with Gasteiger partial charge < -0.3 is 4.74 Å². The van der Waals surface area contributed by atoms with Crippen LogP contribution in [0.1, 0.15) is 18.1 Å². The molecule has 1 nitrogen and oxygen atoms in total. The maximum Gasteiger partial charge on any atom is 0.398 e. The minimum atomic E-state index is -4.14. The Balaban J connectivity index is 2.86. The fourth-order valence-corrected chi connectivity index (χ4v) is 2.42. The van der Waals surface area contributed by atoms with Crippen molar-refractivity contribution in [3.63, 3.8) is 0 Å². The Morgan fingerprint density at radius 2 is 1.71 bits per heavy atom. The number of hydrogen-bond acceptors (Lipinski definition) is 2. The maximum absolute atomic E-state index is 12.2. The van der Waals surface area contributed by atoms with Crippen molar-refractivity contribution in [2.24, 2.45) is 0 Å². The Bertz CT molecular complexity index is 365. The third-order valence-corrected chi connectivity index (χ3v) is 3.53. The van der Waals surface area contributed by atoms with E-state index in [2.05, 4.69) is 0 Å². The van der Waals surface area contributed by atoms with Crippen LogP contribution in [0.2, 0.25) is 0 Å². The molecule has 0 atom stereocenters. The zero-order valence-electron chi connectivity index (χ0n) is 10.0. The van der Waals surface area contributed by atoms with Gasteiger partial charge in [0, 0.05) is 4.90 Å². The van der Waals surface area contributed by atoms with E-state index in [-0.39, 0.29) is 0 Å². The number of aryl methyl sites for hydroxylation is 2. The molecular weight excluding hydrogens is 249 g/mol. The normalized spacial score (nSPS) is 11.6. The van der Waals surface area contributed by atoms with Gasteiger partial charge in [-0.2, -0.15) is 13.2 Å². The molecule has 96 valence electrons. The Hall–Kier alpha value is -0.840. The summed E-state index contributed by atoms with van der Waals surface area (Å²) in [4.78, 5) is 0.686. The second-order valence-electron chi connectivity index (χ2n) is 3.72. The van der Waals surface area contributed by atoms with Gasteiger partial charge in [0.25, 0.3) is 0 Å². The number of rotatable bonds is 4. The second kappa shape index (κ2) is 5.67. The molecular formula is C12H15F3OS. The van der Waals surface area contributed by atoms with Crippen molar-refractivity contribution in [1.29, 1.82) is 0 Å². The topological polar surface area (TPSA) is 9.23 Å². The largest absolute Gasteiger partial charge is 0.494 e. The zero-order chi connectivity index (χ0) is 13.1. The van der Waals surface area contributed by atoms with Crippen LogP contribution in [-0.4, -0.2) is 18.5 Å². The third kappa shape index (κ3) is 4.50. The van der Waals surface area contributed by atoms with Crippen molar-refractivity contribution in [1.82, 2.24) is 0 Å². The van der Waals surface area contributed by atoms with Crippen LogP contribution in [0.4, 0.5) is 13.2 Å². The molecule has 0 amide bonds. The first-order valence-corrected chi connectivity index (χ1v) is 6.25. The van der Waals surface area contributed by atoms with E-state index in [0.717, 1.165) is 22.9 Å². The van der Waals surface area contributed by atoms with Crippen LogP contribution in [0, 0.1) is 13.8 Å². The van der Waals surface area contributed by atoms with E-state index in [9.17, 15) is 13.2 Å². The Morgan fingerprint density at radius 1 is 1.18 bits per heavy atom. The summed E-state index contributed by atoms with van der Waals surface area (Å²) >= 11 is 0.827. The fraction of sp³-hybridized carbons (Fsp3) is 0.500. The van der Waals surface area contributed by atoms with Gasteiger partial charge in [-0.05, 0) is 44.0 Å².